The first-order chi connectivity index (χ1) is 28.9. The number of benzene rings is 2. The summed E-state index contributed by atoms with van der Waals surface area (Å²) in [6.45, 7) is 6.50. The molecule has 318 valence electrons. The minimum atomic E-state index is -3.58. The summed E-state index contributed by atoms with van der Waals surface area (Å²) in [6.07, 6.45) is 8.00. The highest BCUT2D eigenvalue weighted by Crippen LogP contribution is 2.41. The number of rotatable bonds is 6. The van der Waals surface area contributed by atoms with Crippen molar-refractivity contribution in [2.45, 2.75) is 32.6 Å². The monoisotopic (exact) mass is 872 g/mol. The fraction of sp³-hybridized carbons (Fsp3) is 0.256. The van der Waals surface area contributed by atoms with Gasteiger partial charge in [0, 0.05) is 49.4 Å². The van der Waals surface area contributed by atoms with E-state index in [-0.39, 0.29) is 65.8 Å². The van der Waals surface area contributed by atoms with Crippen LogP contribution >= 0.6 is 0 Å². The number of anilines is 1. The quantitative estimate of drug-likeness (QED) is 0.221. The van der Waals surface area contributed by atoms with E-state index in [0.29, 0.717) is 58.1 Å². The van der Waals surface area contributed by atoms with Crippen molar-refractivity contribution < 1.29 is 44.4 Å². The second-order valence-electron chi connectivity index (χ2n) is 14.6. The maximum absolute atomic E-state index is 13.5. The molecule has 4 aliphatic rings. The van der Waals surface area contributed by atoms with Gasteiger partial charge in [-0.1, -0.05) is 12.7 Å². The molecule has 61 heavy (non-hydrogen) atoms. The molecule has 4 aliphatic heterocycles. The molecule has 2 aromatic heterocycles. The lowest BCUT2D eigenvalue weighted by Gasteiger charge is -2.24. The number of nitrogens with one attached hydrogen (secondary N) is 2. The van der Waals surface area contributed by atoms with E-state index in [2.05, 4.69) is 27.2 Å². The van der Waals surface area contributed by atoms with Gasteiger partial charge in [-0.05, 0) is 104 Å². The van der Waals surface area contributed by atoms with E-state index in [9.17, 15) is 35.2 Å². The van der Waals surface area contributed by atoms with Crippen LogP contribution in [0.15, 0.2) is 111 Å². The zero-order valence-electron chi connectivity index (χ0n) is 33.9. The Labute approximate surface area is 351 Å². The van der Waals surface area contributed by atoms with Crippen molar-refractivity contribution in [3.8, 4) is 11.3 Å². The minimum Gasteiger partial charge on any atom is -0.441 e. The lowest BCUT2D eigenvalue weighted by Crippen LogP contribution is -2.31. The molecule has 0 saturated carbocycles. The molecular weight excluding hydrogens is 831 g/mol. The molecule has 0 radical (unpaired) electrons. The summed E-state index contributed by atoms with van der Waals surface area (Å²) in [4.78, 5) is 34.6. The van der Waals surface area contributed by atoms with Crippen molar-refractivity contribution in [3.63, 3.8) is 0 Å². The molecule has 0 fully saturated rings. The molecule has 0 atom stereocenters. The van der Waals surface area contributed by atoms with Crippen LogP contribution in [0.2, 0.25) is 0 Å². The van der Waals surface area contributed by atoms with Crippen LogP contribution in [0.3, 0.4) is 0 Å². The number of sulfonamides is 2. The molecule has 0 spiro atoms. The number of ether oxygens (including phenoxy) is 1. The number of aromatic nitrogens is 1. The average Bonchev–Trinajstić information content (AvgIpc) is 3.28. The summed E-state index contributed by atoms with van der Waals surface area (Å²) in [5.41, 5.74) is 5.13. The van der Waals surface area contributed by atoms with Gasteiger partial charge in [-0.15, -0.1) is 0 Å². The van der Waals surface area contributed by atoms with Crippen molar-refractivity contribution in [1.29, 1.82) is 0 Å². The van der Waals surface area contributed by atoms with Crippen molar-refractivity contribution in [2.75, 3.05) is 44.0 Å². The van der Waals surface area contributed by atoms with Crippen LogP contribution in [-0.4, -0.2) is 83.5 Å². The molecule has 4 aromatic rings. The Kier molecular flexibility index (Phi) is 11.6. The number of pyridine rings is 1. The maximum atomic E-state index is 13.5. The fourth-order valence-electron chi connectivity index (χ4n) is 7.42. The summed E-state index contributed by atoms with van der Waals surface area (Å²) in [7, 11) is -4.13. The summed E-state index contributed by atoms with van der Waals surface area (Å²) >= 11 is 0. The van der Waals surface area contributed by atoms with Crippen molar-refractivity contribution in [2.24, 2.45) is 4.99 Å². The zero-order chi connectivity index (χ0) is 44.0. The molecule has 2 amide bonds. The molecule has 8 rings (SSSR count). The lowest BCUT2D eigenvalue weighted by molar-refractivity contribution is -0.116. The lowest BCUT2D eigenvalue weighted by atomic mass is 9.92. The molecule has 6 heterocycles. The van der Waals surface area contributed by atoms with Crippen LogP contribution in [0.5, 0.6) is 0 Å². The molecule has 0 saturated heterocycles. The van der Waals surface area contributed by atoms with E-state index in [0.717, 1.165) is 23.7 Å². The molecule has 0 unspecified atom stereocenters. The third-order valence-electron chi connectivity index (χ3n) is 10.4. The van der Waals surface area contributed by atoms with Gasteiger partial charge in [0.2, 0.25) is 31.7 Å². The van der Waals surface area contributed by atoms with Gasteiger partial charge in [0.1, 0.15) is 23.2 Å². The summed E-state index contributed by atoms with van der Waals surface area (Å²) in [5, 5.41) is 5.65. The Hall–Kier alpha value is -6.40. The molecule has 2 N–H and O–H groups in total. The Morgan fingerprint density at radius 2 is 1.49 bits per heavy atom. The number of likely N-dealkylation sites (N-methyl/N-ethyl adjacent to an activating group) is 1. The third-order valence-corrected chi connectivity index (χ3v) is 12.7. The first-order valence-electron chi connectivity index (χ1n) is 19.1. The molecule has 14 nitrogen and oxygen atoms in total. The van der Waals surface area contributed by atoms with E-state index >= 15 is 0 Å². The van der Waals surface area contributed by atoms with E-state index in [1.807, 2.05) is 13.0 Å². The highest BCUT2D eigenvalue weighted by Gasteiger charge is 2.35. The number of carbonyl (C=O) groups excluding carboxylic acids is 2. The Balaban J connectivity index is 0.000000184. The third kappa shape index (κ3) is 8.50. The maximum Gasteiger partial charge on any atom is 0.255 e. The Bertz CT molecular complexity index is 2900. The average molecular weight is 873 g/mol. The fourth-order valence-corrected chi connectivity index (χ4v) is 9.22. The number of fused-ring (bicyclic) bond motifs is 4. The van der Waals surface area contributed by atoms with E-state index < -0.39 is 37.6 Å². The van der Waals surface area contributed by atoms with Gasteiger partial charge in [-0.2, -0.15) is 9.98 Å². The highest BCUT2D eigenvalue weighted by atomic mass is 32.2. The summed E-state index contributed by atoms with van der Waals surface area (Å²) < 4.78 is 90.9. The van der Waals surface area contributed by atoms with Gasteiger partial charge in [0.25, 0.3) is 11.8 Å². The van der Waals surface area contributed by atoms with Gasteiger partial charge in [0.05, 0.1) is 35.5 Å². The second-order valence-corrected chi connectivity index (χ2v) is 18.5. The molecule has 2 bridgehead atoms. The number of allylic oxidation sites excluding steroid dienone is 4. The van der Waals surface area contributed by atoms with Gasteiger partial charge >= 0.3 is 0 Å². The van der Waals surface area contributed by atoms with Crippen LogP contribution in [0.1, 0.15) is 54.1 Å². The van der Waals surface area contributed by atoms with Crippen LogP contribution in [0.25, 0.3) is 33.8 Å². The first-order valence-corrected chi connectivity index (χ1v) is 22.8. The number of hydrogen-bond acceptors (Lipinski definition) is 10. The van der Waals surface area contributed by atoms with Crippen LogP contribution in [-0.2, 0) is 29.6 Å². The molecule has 0 aliphatic carbocycles. The van der Waals surface area contributed by atoms with E-state index in [1.54, 1.807) is 12.1 Å². The summed E-state index contributed by atoms with van der Waals surface area (Å²) in [5.74, 6) is -0.320. The van der Waals surface area contributed by atoms with Crippen LogP contribution in [0.4, 0.5) is 14.6 Å². The Morgan fingerprint density at radius 3 is 2.10 bits per heavy atom. The largest absolute Gasteiger partial charge is 0.441 e. The smallest absolute Gasteiger partial charge is 0.255 e. The van der Waals surface area contributed by atoms with E-state index in [1.165, 1.54) is 71.2 Å². The van der Waals surface area contributed by atoms with Crippen molar-refractivity contribution in [3.05, 3.63) is 130 Å². The topological polar surface area (TPSA) is 181 Å². The molecule has 2 aromatic carbocycles. The first kappa shape index (κ1) is 42.7. The number of furan rings is 1. The van der Waals surface area contributed by atoms with Gasteiger partial charge < -0.3 is 19.8 Å². The van der Waals surface area contributed by atoms with Crippen molar-refractivity contribution in [1.82, 2.24) is 19.9 Å². The summed E-state index contributed by atoms with van der Waals surface area (Å²) in [6, 6.07) is 12.9. The van der Waals surface area contributed by atoms with E-state index in [4.69, 9.17) is 9.15 Å². The minimum absolute atomic E-state index is 0.120. The number of halogens is 2. The second kappa shape index (κ2) is 16.6. The standard InChI is InChI=1S/C22H22FN3O4S.C21H20FN3O4S/c1-13-5-4-10-26(31(3,28)29)21-17(13)11-15-12-18(25-21)30-20(19(15)22(27)24-2)14-6-8-16(23)9-7-14;1-12-5-4-10-25(30(3,27)28)19-15(12)11-16-17(20(26)23-2)18(29-21(16)24-19)13-6-8-14(22)9-7-13/h5-9,11H,4,10,12H2,1-3H3,(H,24,27);6-9,11H,1,4-5,10H2,2-3H3,(H,23,26). The number of carbonyl (C=O) groups is 2. The Morgan fingerprint density at radius 1 is 0.869 bits per heavy atom. The van der Waals surface area contributed by atoms with Gasteiger partial charge in [0.15, 0.2) is 11.6 Å². The number of aliphatic imine (C=N–C) groups is 1. The number of amides is 2. The molecular formula is C43H42F2N6O8S2. The van der Waals surface area contributed by atoms with Crippen LogP contribution < -0.4 is 14.9 Å². The molecule has 18 heteroatoms. The predicted octanol–water partition coefficient (Wildman–Crippen LogP) is 6.43. The SMILES string of the molecule is C=C1CCCN(S(C)(=O)=O)c2nc3oc(-c4ccc(F)cc4)c(C(=O)NC)c3cc21.CNC(=O)C1=C(c2ccc(F)cc2)OC2=NC3=C(C=C1C2)C(C)=CCCN3S(C)(=O)=O. The number of hydrogen-bond donors (Lipinski definition) is 2. The van der Waals surface area contributed by atoms with Gasteiger partial charge in [-0.3, -0.25) is 18.2 Å². The number of nitrogens with zero attached hydrogens (tertiary/aromatic N) is 4. The highest BCUT2D eigenvalue weighted by molar-refractivity contribution is 7.92. The zero-order valence-corrected chi connectivity index (χ0v) is 35.6. The normalized spacial score (nSPS) is 16.7. The predicted molar refractivity (Wildman–Crippen MR) is 229 cm³/mol. The van der Waals surface area contributed by atoms with Crippen molar-refractivity contribution >= 4 is 66.0 Å². The van der Waals surface area contributed by atoms with Crippen LogP contribution in [0, 0.1) is 11.6 Å². The van der Waals surface area contributed by atoms with Gasteiger partial charge in [-0.25, -0.2) is 25.6 Å².